The number of rotatable bonds is 2. The van der Waals surface area contributed by atoms with Crippen molar-refractivity contribution in [2.24, 2.45) is 0 Å². The summed E-state index contributed by atoms with van der Waals surface area (Å²) in [6, 6.07) is 8.90. The number of fused-ring (bicyclic) bond motifs is 7. The fourth-order valence-corrected chi connectivity index (χ4v) is 5.68. The Morgan fingerprint density at radius 1 is 1.16 bits per heavy atom. The van der Waals surface area contributed by atoms with Crippen LogP contribution < -0.4 is 9.46 Å². The van der Waals surface area contributed by atoms with Gasteiger partial charge in [-0.2, -0.15) is 0 Å². The Morgan fingerprint density at radius 3 is 2.81 bits per heavy atom. The second-order valence-corrected chi connectivity index (χ2v) is 10.4. The number of hydrogen-bond donors (Lipinski definition) is 1. The first-order chi connectivity index (χ1) is 15.2. The number of aromatic nitrogens is 1. The van der Waals surface area contributed by atoms with Gasteiger partial charge in [0.15, 0.2) is 11.6 Å². The molecular weight excluding hydrogens is 438 g/mol. The lowest BCUT2D eigenvalue weighted by Gasteiger charge is -2.27. The molecule has 1 fully saturated rings. The fourth-order valence-electron chi connectivity index (χ4n) is 4.87. The molecule has 2 heterocycles. The Kier molecular flexibility index (Phi) is 5.05. The van der Waals surface area contributed by atoms with E-state index in [1.54, 1.807) is 18.2 Å². The van der Waals surface area contributed by atoms with Crippen molar-refractivity contribution in [3.05, 3.63) is 71.4 Å². The molecule has 168 valence electrons. The Balaban J connectivity index is 1.62. The lowest BCUT2D eigenvalue weighted by Crippen LogP contribution is -2.35. The third-order valence-electron chi connectivity index (χ3n) is 6.19. The maximum absolute atomic E-state index is 14.8. The minimum Gasteiger partial charge on any atom is -0.483 e. The maximum atomic E-state index is 14.8. The third kappa shape index (κ3) is 3.91. The molecule has 1 N–H and O–H groups in total. The first-order valence-electron chi connectivity index (χ1n) is 10.3. The third-order valence-corrected chi connectivity index (χ3v) is 6.95. The molecule has 1 saturated carbocycles. The largest absolute Gasteiger partial charge is 0.483 e. The van der Waals surface area contributed by atoms with Gasteiger partial charge >= 0.3 is 0 Å². The van der Waals surface area contributed by atoms with Crippen molar-refractivity contribution in [3.8, 4) is 16.9 Å². The van der Waals surface area contributed by atoms with Crippen LogP contribution in [0, 0.1) is 11.6 Å². The van der Waals surface area contributed by atoms with Crippen molar-refractivity contribution in [2.45, 2.75) is 43.7 Å². The summed E-state index contributed by atoms with van der Waals surface area (Å²) < 4.78 is 67.2. The number of oxazole rings is 1. The molecule has 0 amide bonds. The number of nitrogens with zero attached hydrogens (tertiary/aromatic N) is 1. The SMILES string of the molecule is CS(=O)(=O)N[C@@H]1CC[C@]2(Cc3ccc(F)c(c3)-c3cccc(F)c3OCc3coc2n3)C1. The Labute approximate surface area is 184 Å². The minimum atomic E-state index is -3.36. The van der Waals surface area contributed by atoms with Gasteiger partial charge in [-0.1, -0.05) is 18.2 Å². The van der Waals surface area contributed by atoms with Gasteiger partial charge in [0.25, 0.3) is 0 Å². The van der Waals surface area contributed by atoms with Crippen molar-refractivity contribution in [2.75, 3.05) is 6.26 Å². The molecule has 0 unspecified atom stereocenters. The summed E-state index contributed by atoms with van der Waals surface area (Å²) in [6.45, 7) is -0.0418. The Morgan fingerprint density at radius 2 is 2.00 bits per heavy atom. The lowest BCUT2D eigenvalue weighted by atomic mass is 9.79. The van der Waals surface area contributed by atoms with Crippen LogP contribution in [-0.4, -0.2) is 25.7 Å². The molecule has 2 aliphatic rings. The van der Waals surface area contributed by atoms with Gasteiger partial charge in [0.05, 0.1) is 11.7 Å². The second-order valence-electron chi connectivity index (χ2n) is 8.65. The van der Waals surface area contributed by atoms with Crippen molar-refractivity contribution >= 4 is 10.0 Å². The first-order valence-corrected chi connectivity index (χ1v) is 12.2. The van der Waals surface area contributed by atoms with Crippen LogP contribution in [0.1, 0.15) is 36.4 Å². The van der Waals surface area contributed by atoms with Crippen LogP contribution in [0.2, 0.25) is 0 Å². The average molecular weight is 461 g/mol. The molecule has 3 aromatic rings. The molecule has 32 heavy (non-hydrogen) atoms. The predicted octanol–water partition coefficient (Wildman–Crippen LogP) is 4.09. The molecule has 4 bridgehead atoms. The molecule has 1 aliphatic heterocycles. The highest BCUT2D eigenvalue weighted by Gasteiger charge is 2.45. The van der Waals surface area contributed by atoms with E-state index >= 15 is 0 Å². The molecule has 6 nitrogen and oxygen atoms in total. The zero-order valence-electron chi connectivity index (χ0n) is 17.4. The zero-order valence-corrected chi connectivity index (χ0v) is 18.2. The first kappa shape index (κ1) is 21.1. The van der Waals surface area contributed by atoms with E-state index in [2.05, 4.69) is 9.71 Å². The van der Waals surface area contributed by atoms with Gasteiger partial charge in [-0.3, -0.25) is 0 Å². The second kappa shape index (κ2) is 7.67. The van der Waals surface area contributed by atoms with E-state index in [4.69, 9.17) is 9.15 Å². The van der Waals surface area contributed by atoms with Crippen LogP contribution in [0.5, 0.6) is 5.75 Å². The van der Waals surface area contributed by atoms with Crippen molar-refractivity contribution in [3.63, 3.8) is 0 Å². The molecule has 0 radical (unpaired) electrons. The summed E-state index contributed by atoms with van der Waals surface area (Å²) in [4.78, 5) is 4.60. The highest BCUT2D eigenvalue weighted by Crippen LogP contribution is 2.45. The number of para-hydroxylation sites is 1. The zero-order chi connectivity index (χ0) is 22.5. The normalized spacial score (nSPS) is 22.7. The molecule has 1 aromatic heterocycles. The van der Waals surface area contributed by atoms with Gasteiger partial charge in [0, 0.05) is 17.2 Å². The quantitative estimate of drug-likeness (QED) is 0.623. The Bertz CT molecular complexity index is 1290. The summed E-state index contributed by atoms with van der Waals surface area (Å²) in [6.07, 6.45) is 4.88. The highest BCUT2D eigenvalue weighted by atomic mass is 32.2. The van der Waals surface area contributed by atoms with Gasteiger partial charge < -0.3 is 9.15 Å². The van der Waals surface area contributed by atoms with E-state index in [1.807, 2.05) is 0 Å². The van der Waals surface area contributed by atoms with Gasteiger partial charge in [-0.15, -0.1) is 0 Å². The van der Waals surface area contributed by atoms with Crippen molar-refractivity contribution in [1.29, 1.82) is 0 Å². The number of nitrogens with one attached hydrogen (secondary N) is 1. The number of benzene rings is 2. The topological polar surface area (TPSA) is 81.4 Å². The minimum absolute atomic E-state index is 0.0401. The average Bonchev–Trinajstić information content (AvgIpc) is 3.35. The summed E-state index contributed by atoms with van der Waals surface area (Å²) in [7, 11) is -3.36. The van der Waals surface area contributed by atoms with E-state index in [9.17, 15) is 17.2 Å². The molecule has 9 heteroatoms. The van der Waals surface area contributed by atoms with Crippen LogP contribution in [0.25, 0.3) is 11.1 Å². The number of hydrogen-bond acceptors (Lipinski definition) is 5. The van der Waals surface area contributed by atoms with E-state index in [-0.39, 0.29) is 24.0 Å². The number of halogens is 2. The summed E-state index contributed by atoms with van der Waals surface area (Å²) >= 11 is 0. The van der Waals surface area contributed by atoms with Crippen LogP contribution in [-0.2, 0) is 28.5 Å². The smallest absolute Gasteiger partial charge is 0.208 e. The van der Waals surface area contributed by atoms with Gasteiger partial charge in [-0.05, 0) is 49.4 Å². The molecular formula is C23H22F2N2O4S. The van der Waals surface area contributed by atoms with Gasteiger partial charge in [-0.25, -0.2) is 26.9 Å². The molecule has 0 saturated heterocycles. The number of sulfonamides is 1. The molecule has 5 rings (SSSR count). The maximum Gasteiger partial charge on any atom is 0.208 e. The van der Waals surface area contributed by atoms with E-state index in [0.29, 0.717) is 42.8 Å². The summed E-state index contributed by atoms with van der Waals surface area (Å²) in [5.74, 6) is -0.625. The van der Waals surface area contributed by atoms with Crippen LogP contribution >= 0.6 is 0 Å². The standard InChI is InChI=1S/C23H22F2N2O4S/c1-32(28,29)27-15-7-8-23(11-15)10-14-5-6-19(24)18(9-14)17-3-2-4-20(25)21(17)30-12-16-13-31-22(23)26-16/h2-6,9,13,15,27H,7-8,10-12H2,1H3/t15-,23+/m1/s1. The molecule has 1 spiro atoms. The summed E-state index contributed by atoms with van der Waals surface area (Å²) in [5.41, 5.74) is 1.32. The van der Waals surface area contributed by atoms with Gasteiger partial charge in [0.1, 0.15) is 24.4 Å². The van der Waals surface area contributed by atoms with Gasteiger partial charge in [0.2, 0.25) is 15.9 Å². The van der Waals surface area contributed by atoms with E-state index in [1.165, 1.54) is 24.5 Å². The van der Waals surface area contributed by atoms with E-state index in [0.717, 1.165) is 11.8 Å². The van der Waals surface area contributed by atoms with Crippen LogP contribution in [0.4, 0.5) is 8.78 Å². The Hall–Kier alpha value is -2.78. The molecule has 2 atom stereocenters. The summed E-state index contributed by atoms with van der Waals surface area (Å²) in [5, 5.41) is 0. The lowest BCUT2D eigenvalue weighted by molar-refractivity contribution is 0.286. The monoisotopic (exact) mass is 460 g/mol. The predicted molar refractivity (Wildman–Crippen MR) is 114 cm³/mol. The number of ether oxygens (including phenoxy) is 1. The van der Waals surface area contributed by atoms with E-state index < -0.39 is 27.1 Å². The van der Waals surface area contributed by atoms with Crippen LogP contribution in [0.3, 0.4) is 0 Å². The fraction of sp³-hybridized carbons (Fsp3) is 0.348. The molecule has 1 aliphatic carbocycles. The highest BCUT2D eigenvalue weighted by molar-refractivity contribution is 7.88. The molecule has 2 aromatic carbocycles. The van der Waals surface area contributed by atoms with Crippen molar-refractivity contribution in [1.82, 2.24) is 9.71 Å². The van der Waals surface area contributed by atoms with Crippen LogP contribution in [0.15, 0.2) is 47.1 Å². The van der Waals surface area contributed by atoms with Crippen molar-refractivity contribution < 1.29 is 26.4 Å².